The molecule has 2 rings (SSSR count). The summed E-state index contributed by atoms with van der Waals surface area (Å²) in [6, 6.07) is 11.5. The van der Waals surface area contributed by atoms with Crippen LogP contribution in [0.1, 0.15) is 29.7 Å². The van der Waals surface area contributed by atoms with E-state index >= 15 is 0 Å². The van der Waals surface area contributed by atoms with E-state index < -0.39 is 6.10 Å². The molecule has 2 aromatic carbocycles. The highest BCUT2D eigenvalue weighted by Gasteiger charge is 2.15. The molecule has 2 nitrogen and oxygen atoms in total. The van der Waals surface area contributed by atoms with Gasteiger partial charge in [-0.3, -0.25) is 0 Å². The molecule has 4 heteroatoms. The van der Waals surface area contributed by atoms with Crippen LogP contribution in [0.25, 0.3) is 0 Å². The van der Waals surface area contributed by atoms with Crippen molar-refractivity contribution in [3.63, 3.8) is 0 Å². The van der Waals surface area contributed by atoms with E-state index in [9.17, 15) is 5.11 Å². The van der Waals surface area contributed by atoms with Crippen molar-refractivity contribution in [2.75, 3.05) is 0 Å². The van der Waals surface area contributed by atoms with Crippen molar-refractivity contribution in [2.45, 2.75) is 26.6 Å². The summed E-state index contributed by atoms with van der Waals surface area (Å²) in [5.74, 6) is 0.522. The van der Waals surface area contributed by atoms with Gasteiger partial charge in [-0.25, -0.2) is 0 Å². The van der Waals surface area contributed by atoms with Crippen LogP contribution in [0.3, 0.4) is 0 Å². The number of aliphatic hydroxyl groups excluding tert-OH is 1. The molecule has 2 aromatic rings. The van der Waals surface area contributed by atoms with Crippen LogP contribution in [-0.4, -0.2) is 5.11 Å². The van der Waals surface area contributed by atoms with E-state index in [1.165, 1.54) is 5.56 Å². The summed E-state index contributed by atoms with van der Waals surface area (Å²) in [4.78, 5) is 0. The van der Waals surface area contributed by atoms with Gasteiger partial charge < -0.3 is 9.84 Å². The van der Waals surface area contributed by atoms with Gasteiger partial charge in [0.05, 0.1) is 11.1 Å². The lowest BCUT2D eigenvalue weighted by Crippen LogP contribution is -2.00. The van der Waals surface area contributed by atoms with Gasteiger partial charge in [-0.15, -0.1) is 0 Å². The van der Waals surface area contributed by atoms with E-state index in [1.807, 2.05) is 25.1 Å². The lowest BCUT2D eigenvalue weighted by Gasteiger charge is -2.14. The van der Waals surface area contributed by atoms with E-state index in [0.717, 1.165) is 5.56 Å². The zero-order chi connectivity index (χ0) is 14.7. The third kappa shape index (κ3) is 3.45. The first-order valence-electron chi connectivity index (χ1n) is 6.33. The van der Waals surface area contributed by atoms with Crippen molar-refractivity contribution in [2.24, 2.45) is 0 Å². The Balaban J connectivity index is 2.20. The summed E-state index contributed by atoms with van der Waals surface area (Å²) < 4.78 is 5.72. The number of aliphatic hydroxyl groups is 1. The van der Waals surface area contributed by atoms with E-state index in [0.29, 0.717) is 28.0 Å². The van der Waals surface area contributed by atoms with Crippen LogP contribution in [0.2, 0.25) is 10.0 Å². The molecular formula is C16H16Cl2O2. The second kappa shape index (κ2) is 6.49. The Kier molecular flexibility index (Phi) is 4.92. The fraction of sp³-hybridized carbons (Fsp3) is 0.250. The molecule has 1 unspecified atom stereocenters. The predicted octanol–water partition coefficient (Wildman–Crippen LogP) is 4.93. The van der Waals surface area contributed by atoms with Gasteiger partial charge in [-0.05, 0) is 31.5 Å². The highest BCUT2D eigenvalue weighted by molar-refractivity contribution is 6.37. The number of hydrogen-bond donors (Lipinski definition) is 1. The van der Waals surface area contributed by atoms with Crippen molar-refractivity contribution >= 4 is 23.2 Å². The van der Waals surface area contributed by atoms with E-state index in [4.69, 9.17) is 27.9 Å². The van der Waals surface area contributed by atoms with Gasteiger partial charge in [0.15, 0.2) is 0 Å². The summed E-state index contributed by atoms with van der Waals surface area (Å²) in [7, 11) is 0. The molecule has 0 aromatic heterocycles. The molecule has 0 fully saturated rings. The van der Waals surface area contributed by atoms with E-state index in [-0.39, 0.29) is 0 Å². The van der Waals surface area contributed by atoms with Gasteiger partial charge in [0.1, 0.15) is 12.4 Å². The monoisotopic (exact) mass is 310 g/mol. The molecule has 0 aliphatic heterocycles. The highest BCUT2D eigenvalue weighted by atomic mass is 35.5. The van der Waals surface area contributed by atoms with Crippen molar-refractivity contribution in [1.82, 2.24) is 0 Å². The van der Waals surface area contributed by atoms with Crippen molar-refractivity contribution in [1.29, 1.82) is 0 Å². The molecule has 0 aliphatic carbocycles. The van der Waals surface area contributed by atoms with Crippen LogP contribution in [-0.2, 0) is 6.61 Å². The topological polar surface area (TPSA) is 29.5 Å². The van der Waals surface area contributed by atoms with Crippen molar-refractivity contribution in [3.05, 3.63) is 63.1 Å². The maximum Gasteiger partial charge on any atom is 0.138 e. The first kappa shape index (κ1) is 15.2. The summed E-state index contributed by atoms with van der Waals surface area (Å²) >= 11 is 12.3. The Morgan fingerprint density at radius 2 is 1.95 bits per heavy atom. The second-order valence-corrected chi connectivity index (χ2v) is 5.51. The zero-order valence-electron chi connectivity index (χ0n) is 11.4. The van der Waals surface area contributed by atoms with Gasteiger partial charge in [-0.2, -0.15) is 0 Å². The smallest absolute Gasteiger partial charge is 0.138 e. The molecule has 0 spiro atoms. The molecular weight excluding hydrogens is 295 g/mol. The minimum absolute atomic E-state index is 0.361. The molecule has 0 radical (unpaired) electrons. The maximum atomic E-state index is 9.71. The quantitative estimate of drug-likeness (QED) is 0.867. The summed E-state index contributed by atoms with van der Waals surface area (Å²) in [5, 5.41) is 10.5. The minimum Gasteiger partial charge on any atom is -0.487 e. The molecule has 1 N–H and O–H groups in total. The first-order valence-corrected chi connectivity index (χ1v) is 7.09. The Morgan fingerprint density at radius 1 is 1.20 bits per heavy atom. The van der Waals surface area contributed by atoms with Crippen LogP contribution in [0.5, 0.6) is 5.75 Å². The standard InChI is InChI=1S/C16H16Cl2O2/c1-10-4-3-5-12(8-10)9-20-14-7-6-13(17)15(11(2)19)16(14)18/h3-8,11,19H,9H2,1-2H3. The Labute approximate surface area is 128 Å². The maximum absolute atomic E-state index is 9.71. The molecule has 106 valence electrons. The van der Waals surface area contributed by atoms with Crippen LogP contribution in [0, 0.1) is 6.92 Å². The average Bonchev–Trinajstić information content (AvgIpc) is 2.37. The van der Waals surface area contributed by atoms with E-state index in [1.54, 1.807) is 19.1 Å². The first-order chi connectivity index (χ1) is 9.49. The lowest BCUT2D eigenvalue weighted by atomic mass is 10.1. The second-order valence-electron chi connectivity index (χ2n) is 4.73. The number of benzene rings is 2. The molecule has 0 heterocycles. The summed E-state index contributed by atoms with van der Waals surface area (Å²) in [5.41, 5.74) is 2.74. The molecule has 0 aliphatic rings. The van der Waals surface area contributed by atoms with Crippen molar-refractivity contribution in [3.8, 4) is 5.75 Å². The lowest BCUT2D eigenvalue weighted by molar-refractivity contribution is 0.198. The number of hydrogen-bond acceptors (Lipinski definition) is 2. The Morgan fingerprint density at radius 3 is 2.60 bits per heavy atom. The summed E-state index contributed by atoms with van der Waals surface area (Å²) in [6.07, 6.45) is -0.738. The minimum atomic E-state index is -0.738. The zero-order valence-corrected chi connectivity index (χ0v) is 12.9. The largest absolute Gasteiger partial charge is 0.487 e. The number of rotatable bonds is 4. The van der Waals surface area contributed by atoms with Gasteiger partial charge >= 0.3 is 0 Å². The van der Waals surface area contributed by atoms with Crippen molar-refractivity contribution < 1.29 is 9.84 Å². The van der Waals surface area contributed by atoms with Crippen LogP contribution in [0.4, 0.5) is 0 Å². The van der Waals surface area contributed by atoms with Crippen LogP contribution < -0.4 is 4.74 Å². The Hall–Kier alpha value is -1.22. The normalized spacial score (nSPS) is 12.2. The van der Waals surface area contributed by atoms with Gasteiger partial charge in [-0.1, -0.05) is 53.0 Å². The SMILES string of the molecule is Cc1cccc(COc2ccc(Cl)c(C(C)O)c2Cl)c1. The third-order valence-corrected chi connectivity index (χ3v) is 3.71. The van der Waals surface area contributed by atoms with Gasteiger partial charge in [0.25, 0.3) is 0 Å². The predicted molar refractivity (Wildman–Crippen MR) is 82.6 cm³/mol. The number of aryl methyl sites for hydroxylation is 1. The van der Waals surface area contributed by atoms with Crippen LogP contribution >= 0.6 is 23.2 Å². The molecule has 0 amide bonds. The number of ether oxygens (including phenoxy) is 1. The van der Waals surface area contributed by atoms with Gasteiger partial charge in [0.2, 0.25) is 0 Å². The Bertz CT molecular complexity index is 609. The fourth-order valence-electron chi connectivity index (χ4n) is 2.01. The summed E-state index contributed by atoms with van der Waals surface area (Å²) in [6.45, 7) is 4.07. The fourth-order valence-corrected chi connectivity index (χ4v) is 2.75. The number of halogens is 2. The molecule has 1 atom stereocenters. The third-order valence-electron chi connectivity index (χ3n) is 2.99. The van der Waals surface area contributed by atoms with E-state index in [2.05, 4.69) is 6.07 Å². The molecule has 20 heavy (non-hydrogen) atoms. The van der Waals surface area contributed by atoms with Gasteiger partial charge in [0, 0.05) is 10.6 Å². The highest BCUT2D eigenvalue weighted by Crippen LogP contribution is 2.37. The molecule has 0 saturated carbocycles. The average molecular weight is 311 g/mol. The van der Waals surface area contributed by atoms with Crippen LogP contribution in [0.15, 0.2) is 36.4 Å². The molecule has 0 saturated heterocycles. The molecule has 0 bridgehead atoms.